The van der Waals surface area contributed by atoms with Crippen LogP contribution in [0, 0.1) is 11.7 Å². The van der Waals surface area contributed by atoms with Crippen LogP contribution in [0.3, 0.4) is 0 Å². The number of piperidine rings is 1. The van der Waals surface area contributed by atoms with E-state index in [1.807, 2.05) is 6.07 Å². The van der Waals surface area contributed by atoms with Crippen LogP contribution >= 0.6 is 15.9 Å². The largest absolute Gasteiger partial charge is 0.314 e. The fourth-order valence-electron chi connectivity index (χ4n) is 2.75. The molecular weight excluding hydrogens is 319 g/mol. The number of hydrogen-bond donors (Lipinski definition) is 1. The van der Waals surface area contributed by atoms with Crippen molar-refractivity contribution in [3.8, 4) is 0 Å². The lowest BCUT2D eigenvalue weighted by molar-refractivity contribution is 0.163. The predicted octanol–water partition coefficient (Wildman–Crippen LogP) is 3.80. The molecule has 1 N–H and O–H groups in total. The topological polar surface area (TPSA) is 15.3 Å². The van der Waals surface area contributed by atoms with Gasteiger partial charge in [0.05, 0.1) is 0 Å². The van der Waals surface area contributed by atoms with Crippen LogP contribution in [0.1, 0.15) is 32.3 Å². The van der Waals surface area contributed by atoms with E-state index < -0.39 is 0 Å². The summed E-state index contributed by atoms with van der Waals surface area (Å²) in [5, 5.41) is 3.53. The number of hydrogen-bond acceptors (Lipinski definition) is 2. The molecule has 0 amide bonds. The van der Waals surface area contributed by atoms with Crippen molar-refractivity contribution >= 4 is 15.9 Å². The average molecular weight is 343 g/mol. The van der Waals surface area contributed by atoms with Gasteiger partial charge in [-0.15, -0.1) is 0 Å². The Hall–Kier alpha value is -0.450. The Labute approximate surface area is 129 Å². The van der Waals surface area contributed by atoms with E-state index in [9.17, 15) is 4.39 Å². The van der Waals surface area contributed by atoms with Gasteiger partial charge in [0, 0.05) is 23.6 Å². The summed E-state index contributed by atoms with van der Waals surface area (Å²) in [5.74, 6) is 0.545. The lowest BCUT2D eigenvalue weighted by Crippen LogP contribution is -2.40. The minimum absolute atomic E-state index is 0.182. The van der Waals surface area contributed by atoms with Crippen molar-refractivity contribution in [2.45, 2.75) is 39.3 Å². The highest BCUT2D eigenvalue weighted by Gasteiger charge is 2.20. The molecule has 20 heavy (non-hydrogen) atoms. The lowest BCUT2D eigenvalue weighted by atomic mass is 9.97. The standard InChI is InChI=1S/C16H24BrFN2/c1-12(2)19-9-13-4-3-7-20(10-13)11-14-5-6-15(18)8-16(14)17/h5-6,8,12-13,19H,3-4,7,9-11H2,1-2H3. The van der Waals surface area contributed by atoms with Crippen molar-refractivity contribution in [3.63, 3.8) is 0 Å². The van der Waals surface area contributed by atoms with Crippen LogP contribution in [0.2, 0.25) is 0 Å². The van der Waals surface area contributed by atoms with Gasteiger partial charge in [0.15, 0.2) is 0 Å². The molecule has 0 radical (unpaired) electrons. The molecule has 1 aromatic carbocycles. The second-order valence-electron chi connectivity index (χ2n) is 6.04. The van der Waals surface area contributed by atoms with E-state index >= 15 is 0 Å². The van der Waals surface area contributed by atoms with E-state index in [0.29, 0.717) is 6.04 Å². The van der Waals surface area contributed by atoms with E-state index in [2.05, 4.69) is 40.0 Å². The summed E-state index contributed by atoms with van der Waals surface area (Å²) >= 11 is 3.46. The molecule has 0 bridgehead atoms. The molecule has 0 spiro atoms. The first kappa shape index (κ1) is 15.9. The van der Waals surface area contributed by atoms with Gasteiger partial charge >= 0.3 is 0 Å². The Kier molecular flexibility index (Phi) is 6.00. The molecule has 1 atom stereocenters. The van der Waals surface area contributed by atoms with E-state index in [-0.39, 0.29) is 5.82 Å². The smallest absolute Gasteiger partial charge is 0.124 e. The average Bonchev–Trinajstić information content (AvgIpc) is 2.40. The van der Waals surface area contributed by atoms with Crippen LogP contribution in [0.15, 0.2) is 22.7 Å². The highest BCUT2D eigenvalue weighted by atomic mass is 79.9. The summed E-state index contributed by atoms with van der Waals surface area (Å²) in [6.07, 6.45) is 2.56. The van der Waals surface area contributed by atoms with Gasteiger partial charge in [0.1, 0.15) is 5.82 Å². The highest BCUT2D eigenvalue weighted by molar-refractivity contribution is 9.10. The van der Waals surface area contributed by atoms with Crippen molar-refractivity contribution in [2.24, 2.45) is 5.92 Å². The summed E-state index contributed by atoms with van der Waals surface area (Å²) in [6.45, 7) is 8.65. The fourth-order valence-corrected chi connectivity index (χ4v) is 3.23. The Balaban J connectivity index is 1.89. The number of nitrogens with zero attached hydrogens (tertiary/aromatic N) is 1. The maximum absolute atomic E-state index is 13.1. The number of rotatable bonds is 5. The maximum Gasteiger partial charge on any atom is 0.124 e. The quantitative estimate of drug-likeness (QED) is 0.875. The van der Waals surface area contributed by atoms with Gasteiger partial charge < -0.3 is 5.32 Å². The van der Waals surface area contributed by atoms with Crippen LogP contribution in [0.25, 0.3) is 0 Å². The minimum Gasteiger partial charge on any atom is -0.314 e. The molecule has 0 aromatic heterocycles. The van der Waals surface area contributed by atoms with Gasteiger partial charge in [-0.25, -0.2) is 4.39 Å². The molecular formula is C16H24BrFN2. The number of benzene rings is 1. The zero-order valence-electron chi connectivity index (χ0n) is 12.3. The second kappa shape index (κ2) is 7.53. The molecule has 2 rings (SSSR count). The summed E-state index contributed by atoms with van der Waals surface area (Å²) in [5.41, 5.74) is 1.17. The van der Waals surface area contributed by atoms with Crippen molar-refractivity contribution in [3.05, 3.63) is 34.1 Å². The first-order chi connectivity index (χ1) is 9.54. The fraction of sp³-hybridized carbons (Fsp3) is 0.625. The molecule has 1 unspecified atom stereocenters. The van der Waals surface area contributed by atoms with Crippen LogP contribution in [0.4, 0.5) is 4.39 Å². The summed E-state index contributed by atoms with van der Waals surface area (Å²) in [7, 11) is 0. The summed E-state index contributed by atoms with van der Waals surface area (Å²) in [4.78, 5) is 2.48. The van der Waals surface area contributed by atoms with Crippen LogP contribution in [-0.4, -0.2) is 30.6 Å². The third-order valence-corrected chi connectivity index (χ3v) is 4.57. The zero-order valence-corrected chi connectivity index (χ0v) is 13.9. The molecule has 1 aliphatic heterocycles. The van der Waals surface area contributed by atoms with Gasteiger partial charge in [-0.3, -0.25) is 4.90 Å². The van der Waals surface area contributed by atoms with Gasteiger partial charge in [0.2, 0.25) is 0 Å². The number of halogens is 2. The van der Waals surface area contributed by atoms with Crippen molar-refractivity contribution in [1.82, 2.24) is 10.2 Å². The molecule has 1 heterocycles. The molecule has 1 aromatic rings. The monoisotopic (exact) mass is 342 g/mol. The minimum atomic E-state index is -0.182. The molecule has 1 fully saturated rings. The maximum atomic E-state index is 13.1. The zero-order chi connectivity index (χ0) is 14.5. The molecule has 0 aliphatic carbocycles. The lowest BCUT2D eigenvalue weighted by Gasteiger charge is -2.33. The van der Waals surface area contributed by atoms with Gasteiger partial charge in [0.25, 0.3) is 0 Å². The Bertz CT molecular complexity index is 436. The third-order valence-electron chi connectivity index (χ3n) is 3.83. The van der Waals surface area contributed by atoms with Gasteiger partial charge in [-0.05, 0) is 49.5 Å². The van der Waals surface area contributed by atoms with Crippen molar-refractivity contribution < 1.29 is 4.39 Å². The van der Waals surface area contributed by atoms with Crippen LogP contribution in [-0.2, 0) is 6.54 Å². The molecule has 1 saturated heterocycles. The van der Waals surface area contributed by atoms with E-state index in [4.69, 9.17) is 0 Å². The van der Waals surface area contributed by atoms with E-state index in [1.54, 1.807) is 12.1 Å². The highest BCUT2D eigenvalue weighted by Crippen LogP contribution is 2.23. The molecule has 0 saturated carbocycles. The Morgan fingerprint density at radius 1 is 1.45 bits per heavy atom. The van der Waals surface area contributed by atoms with Crippen molar-refractivity contribution in [1.29, 1.82) is 0 Å². The second-order valence-corrected chi connectivity index (χ2v) is 6.90. The predicted molar refractivity (Wildman–Crippen MR) is 85.2 cm³/mol. The van der Waals surface area contributed by atoms with Gasteiger partial charge in [-0.1, -0.05) is 35.8 Å². The third kappa shape index (κ3) is 4.83. The molecule has 4 heteroatoms. The van der Waals surface area contributed by atoms with E-state index in [0.717, 1.165) is 36.6 Å². The Morgan fingerprint density at radius 2 is 2.25 bits per heavy atom. The Morgan fingerprint density at radius 3 is 2.95 bits per heavy atom. The molecule has 1 aliphatic rings. The SMILES string of the molecule is CC(C)NCC1CCCN(Cc2ccc(F)cc2Br)C1. The number of nitrogens with one attached hydrogen (secondary N) is 1. The van der Waals surface area contributed by atoms with Crippen LogP contribution < -0.4 is 5.32 Å². The summed E-state index contributed by atoms with van der Waals surface area (Å²) < 4.78 is 14.0. The van der Waals surface area contributed by atoms with Crippen molar-refractivity contribution in [2.75, 3.05) is 19.6 Å². The van der Waals surface area contributed by atoms with E-state index in [1.165, 1.54) is 18.4 Å². The number of likely N-dealkylation sites (tertiary alicyclic amines) is 1. The summed E-state index contributed by atoms with van der Waals surface area (Å²) in [6, 6.07) is 5.53. The molecule has 112 valence electrons. The first-order valence-electron chi connectivity index (χ1n) is 7.44. The normalized spacial score (nSPS) is 20.6. The van der Waals surface area contributed by atoms with Gasteiger partial charge in [-0.2, -0.15) is 0 Å². The molecule has 2 nitrogen and oxygen atoms in total. The van der Waals surface area contributed by atoms with Crippen LogP contribution in [0.5, 0.6) is 0 Å². The first-order valence-corrected chi connectivity index (χ1v) is 8.23.